The average Bonchev–Trinajstić information content (AvgIpc) is 2.91. The Labute approximate surface area is 131 Å². The van der Waals surface area contributed by atoms with Crippen molar-refractivity contribution in [3.05, 3.63) is 53.3 Å². The number of hydrogen-bond acceptors (Lipinski definition) is 4. The molecule has 0 aliphatic heterocycles. The number of rotatable bonds is 4. The normalized spacial score (nSPS) is 11.4. The molecule has 22 heavy (non-hydrogen) atoms. The molecule has 0 saturated heterocycles. The van der Waals surface area contributed by atoms with Crippen LogP contribution >= 0.6 is 11.6 Å². The molecule has 5 nitrogen and oxygen atoms in total. The van der Waals surface area contributed by atoms with E-state index in [2.05, 4.69) is 20.3 Å². The zero-order valence-electron chi connectivity index (χ0n) is 11.8. The molecule has 2 heterocycles. The van der Waals surface area contributed by atoms with Gasteiger partial charge in [0.1, 0.15) is 5.82 Å². The Hall–Kier alpha value is -2.47. The first kappa shape index (κ1) is 14.5. The number of benzene rings is 1. The molecule has 2 aromatic heterocycles. The van der Waals surface area contributed by atoms with Gasteiger partial charge in [-0.15, -0.1) is 0 Å². The number of aromatic nitrogens is 4. The average molecular weight is 318 g/mol. The van der Waals surface area contributed by atoms with Crippen molar-refractivity contribution in [2.24, 2.45) is 0 Å². The molecular weight excluding hydrogens is 305 g/mol. The third-order valence-corrected chi connectivity index (χ3v) is 3.32. The van der Waals surface area contributed by atoms with Crippen LogP contribution in [0.5, 0.6) is 0 Å². The van der Waals surface area contributed by atoms with Gasteiger partial charge < -0.3 is 9.88 Å². The number of fused-ring (bicyclic) bond motifs is 1. The lowest BCUT2D eigenvalue weighted by molar-refractivity contribution is 0.628. The summed E-state index contributed by atoms with van der Waals surface area (Å²) in [5.41, 5.74) is 2.25. The quantitative estimate of drug-likeness (QED) is 0.750. The van der Waals surface area contributed by atoms with Gasteiger partial charge in [-0.25, -0.2) is 9.37 Å². The Morgan fingerprint density at radius 1 is 1.27 bits per heavy atom. The minimum absolute atomic E-state index is 0.168. The first-order valence-corrected chi connectivity index (χ1v) is 7.03. The van der Waals surface area contributed by atoms with Crippen LogP contribution in [0, 0.1) is 5.82 Å². The zero-order valence-corrected chi connectivity index (χ0v) is 12.5. The minimum Gasteiger partial charge on any atom is -0.371 e. The van der Waals surface area contributed by atoms with Gasteiger partial charge in [0.2, 0.25) is 5.28 Å². The van der Waals surface area contributed by atoms with E-state index >= 15 is 0 Å². The molecule has 0 aliphatic carbocycles. The summed E-state index contributed by atoms with van der Waals surface area (Å²) in [7, 11) is 1.76. The van der Waals surface area contributed by atoms with Crippen molar-refractivity contribution in [1.29, 1.82) is 0 Å². The van der Waals surface area contributed by atoms with Crippen molar-refractivity contribution in [1.82, 2.24) is 19.5 Å². The lowest BCUT2D eigenvalue weighted by Gasteiger charge is -2.02. The maximum Gasteiger partial charge on any atom is 0.226 e. The van der Waals surface area contributed by atoms with Crippen LogP contribution < -0.4 is 5.32 Å². The fourth-order valence-electron chi connectivity index (χ4n) is 2.10. The summed E-state index contributed by atoms with van der Waals surface area (Å²) in [6.07, 6.45) is 5.54. The van der Waals surface area contributed by atoms with Gasteiger partial charge in [0.05, 0.1) is 6.33 Å². The zero-order chi connectivity index (χ0) is 15.5. The SMILES string of the molecule is CNc1nc(Cl)nc2c1ncn2C/C=C/c1ccc(F)cc1. The van der Waals surface area contributed by atoms with E-state index in [0.717, 1.165) is 5.56 Å². The van der Waals surface area contributed by atoms with Crippen molar-refractivity contribution in [2.45, 2.75) is 6.54 Å². The highest BCUT2D eigenvalue weighted by atomic mass is 35.5. The largest absolute Gasteiger partial charge is 0.371 e. The highest BCUT2D eigenvalue weighted by Gasteiger charge is 2.10. The number of nitrogens with one attached hydrogen (secondary N) is 1. The van der Waals surface area contributed by atoms with Gasteiger partial charge >= 0.3 is 0 Å². The fourth-order valence-corrected chi connectivity index (χ4v) is 2.27. The molecule has 0 amide bonds. The monoisotopic (exact) mass is 317 g/mol. The predicted molar refractivity (Wildman–Crippen MR) is 85.3 cm³/mol. The lowest BCUT2D eigenvalue weighted by Crippen LogP contribution is -1.99. The first-order chi connectivity index (χ1) is 10.7. The lowest BCUT2D eigenvalue weighted by atomic mass is 10.2. The molecule has 3 rings (SSSR count). The number of halogens is 2. The maximum absolute atomic E-state index is 12.8. The van der Waals surface area contributed by atoms with E-state index in [1.807, 2.05) is 16.7 Å². The van der Waals surface area contributed by atoms with Crippen LogP contribution in [-0.4, -0.2) is 26.6 Å². The van der Waals surface area contributed by atoms with E-state index in [4.69, 9.17) is 11.6 Å². The molecule has 7 heteroatoms. The van der Waals surface area contributed by atoms with Crippen molar-refractivity contribution < 1.29 is 4.39 Å². The van der Waals surface area contributed by atoms with E-state index in [9.17, 15) is 4.39 Å². The molecule has 0 bridgehead atoms. The van der Waals surface area contributed by atoms with Crippen molar-refractivity contribution >= 4 is 34.7 Å². The molecule has 1 N–H and O–H groups in total. The van der Waals surface area contributed by atoms with E-state index in [-0.39, 0.29) is 11.1 Å². The molecule has 0 saturated carbocycles. The third kappa shape index (κ3) is 2.92. The highest BCUT2D eigenvalue weighted by Crippen LogP contribution is 2.20. The molecule has 0 unspecified atom stereocenters. The van der Waals surface area contributed by atoms with E-state index < -0.39 is 0 Å². The van der Waals surface area contributed by atoms with Crippen LogP contribution in [0.25, 0.3) is 17.2 Å². The summed E-state index contributed by atoms with van der Waals surface area (Å²) < 4.78 is 14.7. The number of imidazole rings is 1. The highest BCUT2D eigenvalue weighted by molar-refractivity contribution is 6.28. The molecule has 0 fully saturated rings. The van der Waals surface area contributed by atoms with Crippen LogP contribution in [0.15, 0.2) is 36.7 Å². The number of anilines is 1. The van der Waals surface area contributed by atoms with Crippen molar-refractivity contribution in [3.8, 4) is 0 Å². The maximum atomic E-state index is 12.8. The number of allylic oxidation sites excluding steroid dienone is 1. The smallest absolute Gasteiger partial charge is 0.226 e. The second-order valence-electron chi connectivity index (χ2n) is 4.61. The summed E-state index contributed by atoms with van der Waals surface area (Å²) in [6.45, 7) is 0.574. The Morgan fingerprint density at radius 3 is 2.77 bits per heavy atom. The van der Waals surface area contributed by atoms with Crippen molar-refractivity contribution in [3.63, 3.8) is 0 Å². The first-order valence-electron chi connectivity index (χ1n) is 6.65. The van der Waals surface area contributed by atoms with Gasteiger partial charge in [-0.1, -0.05) is 24.3 Å². The molecular formula is C15H13ClFN5. The number of hydrogen-bond donors (Lipinski definition) is 1. The Kier molecular flexibility index (Phi) is 4.02. The third-order valence-electron chi connectivity index (χ3n) is 3.16. The molecule has 0 aliphatic rings. The van der Waals surface area contributed by atoms with Crippen LogP contribution in [0.4, 0.5) is 10.2 Å². The van der Waals surface area contributed by atoms with Crippen LogP contribution in [0.3, 0.4) is 0 Å². The van der Waals surface area contributed by atoms with Crippen LogP contribution in [0.1, 0.15) is 5.56 Å². The summed E-state index contributed by atoms with van der Waals surface area (Å²) >= 11 is 5.92. The van der Waals surface area contributed by atoms with Gasteiger partial charge in [-0.3, -0.25) is 0 Å². The Balaban J connectivity index is 1.85. The van der Waals surface area contributed by atoms with E-state index in [1.54, 1.807) is 25.5 Å². The predicted octanol–water partition coefficient (Wildman–Crippen LogP) is 3.37. The van der Waals surface area contributed by atoms with Crippen LogP contribution in [-0.2, 0) is 6.54 Å². The minimum atomic E-state index is -0.247. The molecule has 0 atom stereocenters. The second-order valence-corrected chi connectivity index (χ2v) is 4.95. The number of nitrogens with zero attached hydrogens (tertiary/aromatic N) is 4. The summed E-state index contributed by atoms with van der Waals surface area (Å²) in [4.78, 5) is 12.6. The molecule has 112 valence electrons. The van der Waals surface area contributed by atoms with Gasteiger partial charge in [-0.05, 0) is 29.3 Å². The molecule has 0 radical (unpaired) electrons. The standard InChI is InChI=1S/C15H13ClFN5/c1-18-13-12-14(21-15(16)20-13)22(9-19-12)8-2-3-10-4-6-11(17)7-5-10/h2-7,9H,8H2,1H3,(H,18,20,21)/b3-2+. The Morgan fingerprint density at radius 2 is 2.05 bits per heavy atom. The second kappa shape index (κ2) is 6.11. The van der Waals surface area contributed by atoms with E-state index in [0.29, 0.717) is 23.5 Å². The molecule has 3 aromatic rings. The van der Waals surface area contributed by atoms with Gasteiger partial charge in [0, 0.05) is 13.6 Å². The van der Waals surface area contributed by atoms with Gasteiger partial charge in [0.25, 0.3) is 0 Å². The van der Waals surface area contributed by atoms with Crippen LogP contribution in [0.2, 0.25) is 5.28 Å². The molecule has 1 aromatic carbocycles. The Bertz CT molecular complexity index is 826. The van der Waals surface area contributed by atoms with E-state index in [1.165, 1.54) is 12.1 Å². The topological polar surface area (TPSA) is 55.6 Å². The van der Waals surface area contributed by atoms with Crippen molar-refractivity contribution in [2.75, 3.05) is 12.4 Å². The summed E-state index contributed by atoms with van der Waals surface area (Å²) in [5, 5.41) is 3.11. The molecule has 0 spiro atoms. The van der Waals surface area contributed by atoms with Gasteiger partial charge in [-0.2, -0.15) is 9.97 Å². The fraction of sp³-hybridized carbons (Fsp3) is 0.133. The van der Waals surface area contributed by atoms with Gasteiger partial charge in [0.15, 0.2) is 17.0 Å². The summed E-state index contributed by atoms with van der Waals surface area (Å²) in [6, 6.07) is 6.29. The summed E-state index contributed by atoms with van der Waals surface area (Å²) in [5.74, 6) is 0.347.